The van der Waals surface area contributed by atoms with E-state index in [1.54, 1.807) is 10.8 Å². The average molecular weight is 603 g/mol. The van der Waals surface area contributed by atoms with Gasteiger partial charge in [0.25, 0.3) is 0 Å². The van der Waals surface area contributed by atoms with E-state index < -0.39 is 12.2 Å². The van der Waals surface area contributed by atoms with Crippen LogP contribution in [-0.2, 0) is 0 Å². The highest BCUT2D eigenvalue weighted by Gasteiger charge is 2.11. The predicted octanol–water partition coefficient (Wildman–Crippen LogP) is 8.92. The van der Waals surface area contributed by atoms with Gasteiger partial charge in [0.1, 0.15) is 24.7 Å². The van der Waals surface area contributed by atoms with Crippen LogP contribution in [0.15, 0.2) is 109 Å². The Labute approximate surface area is 258 Å². The van der Waals surface area contributed by atoms with Gasteiger partial charge < -0.3 is 19.7 Å². The first-order valence-electron chi connectivity index (χ1n) is 14.9. The van der Waals surface area contributed by atoms with Gasteiger partial charge in [0.15, 0.2) is 0 Å². The molecular weight excluding hydrogens is 561 g/mol. The maximum Gasteiger partial charge on any atom is 0.127 e. The van der Waals surface area contributed by atoms with E-state index in [2.05, 4.69) is 30.3 Å². The van der Waals surface area contributed by atoms with Crippen molar-refractivity contribution in [2.75, 3.05) is 24.7 Å². The maximum absolute atomic E-state index is 10.4. The number of hydrogen-bond acceptors (Lipinski definition) is 6. The van der Waals surface area contributed by atoms with Gasteiger partial charge in [-0.25, -0.2) is 0 Å². The van der Waals surface area contributed by atoms with Crippen molar-refractivity contribution in [3.05, 3.63) is 109 Å². The lowest BCUT2D eigenvalue weighted by Crippen LogP contribution is -2.19. The molecule has 4 aromatic carbocycles. The molecule has 222 valence electrons. The van der Waals surface area contributed by atoms with E-state index in [-0.39, 0.29) is 6.61 Å². The third-order valence-corrected chi connectivity index (χ3v) is 9.47. The van der Waals surface area contributed by atoms with E-state index in [0.717, 1.165) is 65.2 Å². The minimum Gasteiger partial charge on any atom is -0.490 e. The summed E-state index contributed by atoms with van der Waals surface area (Å²) >= 11 is 0. The van der Waals surface area contributed by atoms with Crippen LogP contribution >= 0.6 is 21.6 Å². The average Bonchev–Trinajstić information content (AvgIpc) is 3.04. The molecule has 4 nitrogen and oxygen atoms in total. The molecule has 0 heterocycles. The fourth-order valence-electron chi connectivity index (χ4n) is 4.66. The number of ether oxygens (including phenoxy) is 2. The monoisotopic (exact) mass is 602 g/mol. The second-order valence-corrected chi connectivity index (χ2v) is 12.9. The highest BCUT2D eigenvalue weighted by Crippen LogP contribution is 2.31. The van der Waals surface area contributed by atoms with Crippen LogP contribution in [0.3, 0.4) is 0 Å². The summed E-state index contributed by atoms with van der Waals surface area (Å²) in [5, 5.41) is 20.8. The smallest absolute Gasteiger partial charge is 0.127 e. The molecule has 42 heavy (non-hydrogen) atoms. The van der Waals surface area contributed by atoms with Gasteiger partial charge in [-0.2, -0.15) is 0 Å². The maximum atomic E-state index is 10.4. The molecule has 0 fully saturated rings. The summed E-state index contributed by atoms with van der Waals surface area (Å²) in [5.74, 6) is 3.33. The molecule has 0 saturated carbocycles. The summed E-state index contributed by atoms with van der Waals surface area (Å²) in [6, 6.07) is 36.3. The Kier molecular flexibility index (Phi) is 14.2. The number of rotatable bonds is 19. The summed E-state index contributed by atoms with van der Waals surface area (Å²) in [5.41, 5.74) is 4.32. The molecular formula is C36H42O4S2. The molecule has 0 bridgehead atoms. The largest absolute Gasteiger partial charge is 0.490 e. The Bertz CT molecular complexity index is 1180. The minimum atomic E-state index is -0.506. The van der Waals surface area contributed by atoms with Crippen LogP contribution in [-0.4, -0.2) is 47.1 Å². The van der Waals surface area contributed by atoms with Crippen LogP contribution in [0.5, 0.6) is 11.5 Å². The van der Waals surface area contributed by atoms with Gasteiger partial charge in [-0.05, 0) is 36.1 Å². The summed E-state index contributed by atoms with van der Waals surface area (Å²) in [7, 11) is 3.53. The van der Waals surface area contributed by atoms with Gasteiger partial charge in [-0.1, -0.05) is 144 Å². The van der Waals surface area contributed by atoms with E-state index in [1.807, 2.05) is 89.7 Å². The van der Waals surface area contributed by atoms with Crippen LogP contribution < -0.4 is 9.47 Å². The fraction of sp³-hybridized carbons (Fsp3) is 0.333. The molecule has 0 aliphatic rings. The third kappa shape index (κ3) is 11.1. The van der Waals surface area contributed by atoms with Crippen LogP contribution in [0, 0.1) is 0 Å². The van der Waals surface area contributed by atoms with Crippen LogP contribution in [0.4, 0.5) is 0 Å². The van der Waals surface area contributed by atoms with E-state index in [1.165, 1.54) is 12.8 Å². The third-order valence-electron chi connectivity index (χ3n) is 6.91. The number of hydrogen-bond donors (Lipinski definition) is 2. The van der Waals surface area contributed by atoms with E-state index in [9.17, 15) is 10.2 Å². The number of aliphatic hydroxyl groups excluding tert-OH is 2. The van der Waals surface area contributed by atoms with Gasteiger partial charge in [0, 0.05) is 22.6 Å². The molecule has 0 spiro atoms. The highest BCUT2D eigenvalue weighted by atomic mass is 33.1. The second kappa shape index (κ2) is 18.6. The minimum absolute atomic E-state index is 0.286. The van der Waals surface area contributed by atoms with Crippen LogP contribution in [0.25, 0.3) is 22.3 Å². The van der Waals surface area contributed by atoms with E-state index in [0.29, 0.717) is 12.4 Å². The predicted molar refractivity (Wildman–Crippen MR) is 179 cm³/mol. The first-order valence-corrected chi connectivity index (χ1v) is 17.3. The SMILES string of the molecule is OC(CCCCCCCSSCC(O)COc1ccccc1-c1ccccc1)COc1ccccc1-c1ccccc1. The molecule has 6 heteroatoms. The second-order valence-electron chi connectivity index (χ2n) is 10.3. The standard InChI is InChI=1S/C36H42O4S2/c37-31(26-39-35-23-13-11-21-33(35)29-16-6-4-7-17-29)20-10-2-1-3-15-25-41-42-28-32(38)27-40-36-24-14-12-22-34(36)30-18-8-5-9-19-30/h4-9,11-14,16-19,21-24,31-32,37-38H,1-3,10,15,20,25-28H2. The van der Waals surface area contributed by atoms with E-state index in [4.69, 9.17) is 9.47 Å². The van der Waals surface area contributed by atoms with Crippen LogP contribution in [0.2, 0.25) is 0 Å². The number of aliphatic hydroxyl groups is 2. The lowest BCUT2D eigenvalue weighted by Gasteiger charge is -2.15. The van der Waals surface area contributed by atoms with Crippen molar-refractivity contribution in [3.8, 4) is 33.8 Å². The van der Waals surface area contributed by atoms with Crippen molar-refractivity contribution in [3.63, 3.8) is 0 Å². The Morgan fingerprint density at radius 3 is 1.57 bits per heavy atom. The van der Waals surface area contributed by atoms with Gasteiger partial charge in [0.2, 0.25) is 0 Å². The van der Waals surface area contributed by atoms with Crippen molar-refractivity contribution in [1.82, 2.24) is 0 Å². The van der Waals surface area contributed by atoms with Crippen molar-refractivity contribution in [2.24, 2.45) is 0 Å². The molecule has 0 saturated heterocycles. The van der Waals surface area contributed by atoms with Crippen molar-refractivity contribution < 1.29 is 19.7 Å². The zero-order valence-corrected chi connectivity index (χ0v) is 25.8. The fourth-order valence-corrected chi connectivity index (χ4v) is 6.91. The molecule has 4 aromatic rings. The number of benzene rings is 4. The summed E-state index contributed by atoms with van der Waals surface area (Å²) in [6.07, 6.45) is 5.45. The lowest BCUT2D eigenvalue weighted by atomic mass is 10.0. The molecule has 2 atom stereocenters. The van der Waals surface area contributed by atoms with Crippen LogP contribution in [0.1, 0.15) is 38.5 Å². The zero-order chi connectivity index (χ0) is 29.2. The number of unbranched alkanes of at least 4 members (excludes halogenated alkanes) is 4. The van der Waals surface area contributed by atoms with Gasteiger partial charge in [-0.15, -0.1) is 0 Å². The molecule has 0 aliphatic carbocycles. The molecule has 0 radical (unpaired) electrons. The normalized spacial score (nSPS) is 12.5. The Morgan fingerprint density at radius 1 is 0.500 bits per heavy atom. The van der Waals surface area contributed by atoms with Crippen molar-refractivity contribution in [1.29, 1.82) is 0 Å². The Hall–Kier alpha value is -2.90. The van der Waals surface area contributed by atoms with E-state index >= 15 is 0 Å². The number of para-hydroxylation sites is 2. The first kappa shape index (κ1) is 32.0. The van der Waals surface area contributed by atoms with Gasteiger partial charge in [0.05, 0.1) is 12.2 Å². The quantitative estimate of drug-likeness (QED) is 0.0826. The molecule has 2 unspecified atom stereocenters. The molecule has 0 aromatic heterocycles. The van der Waals surface area contributed by atoms with Gasteiger partial charge >= 0.3 is 0 Å². The zero-order valence-electron chi connectivity index (χ0n) is 24.1. The topological polar surface area (TPSA) is 58.9 Å². The molecule has 0 aliphatic heterocycles. The highest BCUT2D eigenvalue weighted by molar-refractivity contribution is 8.76. The molecule has 0 amide bonds. The molecule has 4 rings (SSSR count). The first-order chi connectivity index (χ1) is 20.7. The van der Waals surface area contributed by atoms with Gasteiger partial charge in [-0.3, -0.25) is 0 Å². The summed E-state index contributed by atoms with van der Waals surface area (Å²) in [4.78, 5) is 0. The summed E-state index contributed by atoms with van der Waals surface area (Å²) < 4.78 is 11.9. The van der Waals surface area contributed by atoms with Crippen molar-refractivity contribution >= 4 is 21.6 Å². The Balaban J connectivity index is 1.00. The molecule has 2 N–H and O–H groups in total. The summed E-state index contributed by atoms with van der Waals surface area (Å²) in [6.45, 7) is 0.599. The Morgan fingerprint density at radius 2 is 0.976 bits per heavy atom. The van der Waals surface area contributed by atoms with Crippen molar-refractivity contribution in [2.45, 2.75) is 50.7 Å². The lowest BCUT2D eigenvalue weighted by molar-refractivity contribution is 0.0978.